The van der Waals surface area contributed by atoms with E-state index in [1.807, 2.05) is 43.3 Å². The van der Waals surface area contributed by atoms with Gasteiger partial charge in [-0.25, -0.2) is 23.1 Å². The summed E-state index contributed by atoms with van der Waals surface area (Å²) < 4.78 is 27.3. The number of nitrogens with one attached hydrogen (secondary N) is 1. The largest absolute Gasteiger partial charge is 0.378 e. The first kappa shape index (κ1) is 19.5. The van der Waals surface area contributed by atoms with E-state index in [-0.39, 0.29) is 10.8 Å². The van der Waals surface area contributed by atoms with E-state index in [1.54, 1.807) is 31.3 Å². The Morgan fingerprint density at radius 2 is 1.68 bits per heavy atom. The van der Waals surface area contributed by atoms with Gasteiger partial charge in [-0.1, -0.05) is 12.1 Å². The molecule has 0 bridgehead atoms. The quantitative estimate of drug-likeness (QED) is 0.646. The molecule has 0 amide bonds. The Kier molecular flexibility index (Phi) is 5.70. The van der Waals surface area contributed by atoms with E-state index in [4.69, 9.17) is 0 Å². The molecule has 1 heterocycles. The summed E-state index contributed by atoms with van der Waals surface area (Å²) >= 11 is 0. The first-order chi connectivity index (χ1) is 13.3. The number of benzene rings is 2. The molecule has 0 saturated heterocycles. The van der Waals surface area contributed by atoms with Crippen LogP contribution in [0.5, 0.6) is 0 Å². The van der Waals surface area contributed by atoms with Crippen molar-refractivity contribution in [3.63, 3.8) is 0 Å². The van der Waals surface area contributed by atoms with Gasteiger partial charge in [0.2, 0.25) is 5.95 Å². The molecule has 0 saturated carbocycles. The summed E-state index contributed by atoms with van der Waals surface area (Å²) in [5, 5.41) is 0. The Labute approximate surface area is 164 Å². The maximum Gasteiger partial charge on any atom is 0.264 e. The average molecular weight is 395 g/mol. The molecule has 0 aliphatic heterocycles. The van der Waals surface area contributed by atoms with Gasteiger partial charge < -0.3 is 4.90 Å². The normalized spacial score (nSPS) is 11.5. The Morgan fingerprint density at radius 1 is 1.00 bits per heavy atom. The number of anilines is 2. The van der Waals surface area contributed by atoms with Crippen molar-refractivity contribution in [2.24, 2.45) is 4.99 Å². The molecule has 0 aliphatic rings. The third kappa shape index (κ3) is 4.92. The van der Waals surface area contributed by atoms with Crippen molar-refractivity contribution in [2.45, 2.75) is 11.8 Å². The Hall–Kier alpha value is -3.26. The molecule has 0 atom stereocenters. The van der Waals surface area contributed by atoms with Gasteiger partial charge in [0.05, 0.1) is 10.6 Å². The van der Waals surface area contributed by atoms with Crippen LogP contribution in [0.4, 0.5) is 17.3 Å². The van der Waals surface area contributed by atoms with Crippen molar-refractivity contribution in [1.29, 1.82) is 0 Å². The first-order valence-electron chi connectivity index (χ1n) is 8.57. The summed E-state index contributed by atoms with van der Waals surface area (Å²) in [7, 11) is 0.211. The van der Waals surface area contributed by atoms with Crippen molar-refractivity contribution >= 4 is 33.6 Å². The van der Waals surface area contributed by atoms with Crippen molar-refractivity contribution in [3.8, 4) is 0 Å². The van der Waals surface area contributed by atoms with E-state index in [0.29, 0.717) is 11.4 Å². The van der Waals surface area contributed by atoms with Gasteiger partial charge in [-0.2, -0.15) is 0 Å². The van der Waals surface area contributed by atoms with Gasteiger partial charge in [-0.15, -0.1) is 0 Å². The van der Waals surface area contributed by atoms with Crippen LogP contribution in [0.2, 0.25) is 0 Å². The van der Waals surface area contributed by atoms with Gasteiger partial charge in [0.15, 0.2) is 0 Å². The monoisotopic (exact) mass is 395 g/mol. The number of hydrogen-bond acceptors (Lipinski definition) is 6. The van der Waals surface area contributed by atoms with E-state index < -0.39 is 10.0 Å². The lowest BCUT2D eigenvalue weighted by Gasteiger charge is -2.11. The van der Waals surface area contributed by atoms with Crippen molar-refractivity contribution in [1.82, 2.24) is 9.97 Å². The molecular formula is C20H21N5O2S. The zero-order chi connectivity index (χ0) is 20.1. The van der Waals surface area contributed by atoms with E-state index in [1.165, 1.54) is 18.3 Å². The summed E-state index contributed by atoms with van der Waals surface area (Å²) in [6.07, 6.45) is 3.24. The fraction of sp³-hybridized carbons (Fsp3) is 0.150. The van der Waals surface area contributed by atoms with Crippen molar-refractivity contribution < 1.29 is 8.42 Å². The van der Waals surface area contributed by atoms with Crippen LogP contribution in [0, 0.1) is 6.92 Å². The first-order valence-corrected chi connectivity index (χ1v) is 10.1. The van der Waals surface area contributed by atoms with Crippen LogP contribution in [-0.2, 0) is 10.0 Å². The number of aryl methyl sites for hydroxylation is 1. The molecular weight excluding hydrogens is 374 g/mol. The summed E-state index contributed by atoms with van der Waals surface area (Å²) in [5.74, 6) is 0.0447. The number of nitrogens with zero attached hydrogens (tertiary/aromatic N) is 4. The van der Waals surface area contributed by atoms with Crippen LogP contribution in [0.15, 0.2) is 70.7 Å². The van der Waals surface area contributed by atoms with Gasteiger partial charge in [0.25, 0.3) is 10.0 Å². The van der Waals surface area contributed by atoms with Crippen LogP contribution in [0.25, 0.3) is 0 Å². The number of aromatic nitrogens is 2. The lowest BCUT2D eigenvalue weighted by Crippen LogP contribution is -2.15. The molecule has 0 unspecified atom stereocenters. The molecule has 7 nitrogen and oxygen atoms in total. The third-order valence-electron chi connectivity index (χ3n) is 3.94. The Bertz CT molecular complexity index is 1080. The molecule has 0 fully saturated rings. The standard InChI is InChI=1S/C20H21N5O2S/c1-15-12-13-21-20(23-15)24-28(26,27)19-10-6-17(7-11-19)22-14-16-4-8-18(9-5-16)25(2)3/h4-14H,1-3H3,(H,21,23,24). The highest BCUT2D eigenvalue weighted by molar-refractivity contribution is 7.92. The van der Waals surface area contributed by atoms with Crippen molar-refractivity contribution in [3.05, 3.63) is 72.1 Å². The number of aliphatic imine (C=N–C) groups is 1. The van der Waals surface area contributed by atoms with Crippen LogP contribution >= 0.6 is 0 Å². The molecule has 8 heteroatoms. The SMILES string of the molecule is Cc1ccnc(NS(=O)(=O)c2ccc(N=Cc3ccc(N(C)C)cc3)cc2)n1. The van der Waals surface area contributed by atoms with Gasteiger partial charge >= 0.3 is 0 Å². The minimum Gasteiger partial charge on any atom is -0.378 e. The Morgan fingerprint density at radius 3 is 2.29 bits per heavy atom. The number of rotatable bonds is 6. The second kappa shape index (κ2) is 8.18. The second-order valence-electron chi connectivity index (χ2n) is 6.37. The van der Waals surface area contributed by atoms with Gasteiger partial charge in [0.1, 0.15) is 0 Å². The van der Waals surface area contributed by atoms with Crippen LogP contribution < -0.4 is 9.62 Å². The van der Waals surface area contributed by atoms with E-state index in [9.17, 15) is 8.42 Å². The van der Waals surface area contributed by atoms with E-state index >= 15 is 0 Å². The molecule has 1 N–H and O–H groups in total. The molecule has 3 rings (SSSR count). The molecule has 3 aromatic rings. The summed E-state index contributed by atoms with van der Waals surface area (Å²) in [5.41, 5.74) is 3.40. The average Bonchev–Trinajstić information content (AvgIpc) is 2.67. The third-order valence-corrected chi connectivity index (χ3v) is 5.28. The lowest BCUT2D eigenvalue weighted by molar-refractivity contribution is 0.601. The molecule has 1 aromatic heterocycles. The molecule has 2 aromatic carbocycles. The minimum atomic E-state index is -3.76. The topological polar surface area (TPSA) is 87.5 Å². The number of sulfonamides is 1. The highest BCUT2D eigenvalue weighted by Crippen LogP contribution is 2.19. The van der Waals surface area contributed by atoms with Crippen LogP contribution in [0.1, 0.15) is 11.3 Å². The van der Waals surface area contributed by atoms with Crippen LogP contribution in [0.3, 0.4) is 0 Å². The van der Waals surface area contributed by atoms with Crippen LogP contribution in [-0.4, -0.2) is 38.7 Å². The van der Waals surface area contributed by atoms with Gasteiger partial charge in [-0.05, 0) is 55.0 Å². The Balaban J connectivity index is 1.72. The molecule has 0 spiro atoms. The number of hydrogen-bond donors (Lipinski definition) is 1. The summed E-state index contributed by atoms with van der Waals surface area (Å²) in [6.45, 7) is 1.76. The minimum absolute atomic E-state index is 0.0447. The predicted molar refractivity (Wildman–Crippen MR) is 112 cm³/mol. The highest BCUT2D eigenvalue weighted by atomic mass is 32.2. The molecule has 28 heavy (non-hydrogen) atoms. The smallest absolute Gasteiger partial charge is 0.264 e. The molecule has 144 valence electrons. The zero-order valence-electron chi connectivity index (χ0n) is 15.9. The second-order valence-corrected chi connectivity index (χ2v) is 8.05. The lowest BCUT2D eigenvalue weighted by atomic mass is 10.2. The molecule has 0 aliphatic carbocycles. The summed E-state index contributed by atoms with van der Waals surface area (Å²) in [4.78, 5) is 14.5. The van der Waals surface area contributed by atoms with Crippen molar-refractivity contribution in [2.75, 3.05) is 23.7 Å². The fourth-order valence-corrected chi connectivity index (χ4v) is 3.35. The zero-order valence-corrected chi connectivity index (χ0v) is 16.7. The maximum atomic E-state index is 12.5. The fourth-order valence-electron chi connectivity index (χ4n) is 2.40. The predicted octanol–water partition coefficient (Wildman–Crippen LogP) is 3.40. The van der Waals surface area contributed by atoms with Gasteiger partial charge in [0, 0.05) is 37.9 Å². The summed E-state index contributed by atoms with van der Waals surface area (Å²) in [6, 6.07) is 16.0. The van der Waals surface area contributed by atoms with E-state index in [2.05, 4.69) is 19.7 Å². The highest BCUT2D eigenvalue weighted by Gasteiger charge is 2.15. The van der Waals surface area contributed by atoms with Gasteiger partial charge in [-0.3, -0.25) is 4.99 Å². The molecule has 0 radical (unpaired) electrons. The maximum absolute atomic E-state index is 12.5. The van der Waals surface area contributed by atoms with E-state index in [0.717, 1.165) is 11.3 Å².